The van der Waals surface area contributed by atoms with Gasteiger partial charge in [-0.1, -0.05) is 121 Å². The molecule has 2 heteroatoms. The maximum atomic E-state index is 14.7. The van der Waals surface area contributed by atoms with Crippen LogP contribution in [0.2, 0.25) is 0 Å². The van der Waals surface area contributed by atoms with Crippen LogP contribution < -0.4 is 5.32 Å². The van der Waals surface area contributed by atoms with E-state index in [-0.39, 0.29) is 5.83 Å². The smallest absolute Gasteiger partial charge is 0.108 e. The Hall–Kier alpha value is -3.13. The van der Waals surface area contributed by atoms with Crippen LogP contribution in [0.25, 0.3) is 0 Å². The highest BCUT2D eigenvalue weighted by atomic mass is 19.1. The fourth-order valence-corrected chi connectivity index (χ4v) is 3.91. The van der Waals surface area contributed by atoms with Crippen molar-refractivity contribution in [1.29, 1.82) is 0 Å². The Bertz CT molecular complexity index is 1070. The molecule has 1 nitrogen and oxygen atoms in total. The van der Waals surface area contributed by atoms with E-state index < -0.39 is 0 Å². The second-order valence-electron chi connectivity index (χ2n) is 10.7. The Labute approximate surface area is 260 Å². The molecular weight excluding hydrogens is 513 g/mol. The molecule has 0 aromatic heterocycles. The Morgan fingerprint density at radius 2 is 1.45 bits per heavy atom. The van der Waals surface area contributed by atoms with Crippen molar-refractivity contribution < 1.29 is 4.39 Å². The molecule has 0 spiro atoms. The standard InChI is InChI=1S/C29H36FN.C5H12.C4H10.C2H4/c1-8-22(5)27(29-23(6)10-9-11-28(29)30)19-16-25(20(2)3)15-14-24(7)31-26-17-12-21(4)13-18-26;1-3-5-4-2;1-3-4-2;1-2/h10,12-15,17-19,31H,2,5,8-9,11,16H2,1,3-4,6-7H3;3-5H2,1-2H3;3-4H2,1-2H3;1-2H2/b24-14+,25-15-,27-19?;;;. The van der Waals surface area contributed by atoms with Crippen LogP contribution in [0.15, 0.2) is 120 Å². The summed E-state index contributed by atoms with van der Waals surface area (Å²) in [6.45, 7) is 33.3. The van der Waals surface area contributed by atoms with Crippen LogP contribution >= 0.6 is 0 Å². The zero-order valence-corrected chi connectivity index (χ0v) is 28.7. The molecule has 0 saturated heterocycles. The molecule has 1 aromatic rings. The average molecular weight is 576 g/mol. The molecule has 0 aliphatic heterocycles. The normalized spacial score (nSPS) is 13.4. The second kappa shape index (κ2) is 25.6. The number of aryl methyl sites for hydroxylation is 1. The van der Waals surface area contributed by atoms with Crippen molar-refractivity contribution in [3.8, 4) is 0 Å². The SMILES string of the molecule is C=C.C=C(CC)C(=CC/C(=C/C=C(\C)Nc1ccc(C)cc1)C(=C)C)C1=C(F)CCC=C1C.CCCC.CCCCC. The Morgan fingerprint density at radius 3 is 1.88 bits per heavy atom. The minimum absolute atomic E-state index is 0.0280. The maximum absolute atomic E-state index is 14.7. The van der Waals surface area contributed by atoms with E-state index in [0.717, 1.165) is 57.7 Å². The summed E-state index contributed by atoms with van der Waals surface area (Å²) < 4.78 is 14.7. The van der Waals surface area contributed by atoms with Crippen LogP contribution in [0, 0.1) is 6.92 Å². The lowest BCUT2D eigenvalue weighted by atomic mass is 9.86. The summed E-state index contributed by atoms with van der Waals surface area (Å²) in [5.74, 6) is -0.0280. The summed E-state index contributed by atoms with van der Waals surface area (Å²) in [6.07, 6.45) is 17.8. The van der Waals surface area contributed by atoms with E-state index >= 15 is 0 Å². The van der Waals surface area contributed by atoms with Gasteiger partial charge in [-0.05, 0) is 87.5 Å². The van der Waals surface area contributed by atoms with Crippen LogP contribution in [0.5, 0.6) is 0 Å². The van der Waals surface area contributed by atoms with Gasteiger partial charge in [0.05, 0.1) is 0 Å². The van der Waals surface area contributed by atoms with Crippen LogP contribution in [-0.4, -0.2) is 0 Å². The highest BCUT2D eigenvalue weighted by Gasteiger charge is 2.18. The number of nitrogens with one attached hydrogen (secondary N) is 1. The zero-order chi connectivity index (χ0) is 32.5. The van der Waals surface area contributed by atoms with Crippen molar-refractivity contribution in [2.24, 2.45) is 0 Å². The summed E-state index contributed by atoms with van der Waals surface area (Å²) in [4.78, 5) is 0. The van der Waals surface area contributed by atoms with Crippen LogP contribution in [0.3, 0.4) is 0 Å². The number of hydrogen-bond acceptors (Lipinski definition) is 1. The minimum atomic E-state index is -0.0280. The molecule has 1 aromatic carbocycles. The lowest BCUT2D eigenvalue weighted by Crippen LogP contribution is -2.02. The average Bonchev–Trinajstić information content (AvgIpc) is 2.98. The van der Waals surface area contributed by atoms with Gasteiger partial charge in [-0.25, -0.2) is 4.39 Å². The van der Waals surface area contributed by atoms with E-state index in [9.17, 15) is 4.39 Å². The van der Waals surface area contributed by atoms with Gasteiger partial charge in [0.2, 0.25) is 0 Å². The second-order valence-corrected chi connectivity index (χ2v) is 10.7. The molecular formula is C40H62FN. The Balaban J connectivity index is 0. The molecule has 1 N–H and O–H groups in total. The first-order valence-electron chi connectivity index (χ1n) is 15.9. The topological polar surface area (TPSA) is 12.0 Å². The summed E-state index contributed by atoms with van der Waals surface area (Å²) in [6, 6.07) is 8.33. The molecule has 0 saturated carbocycles. The number of halogens is 1. The molecule has 0 radical (unpaired) electrons. The number of allylic oxidation sites excluding steroid dienone is 12. The fourth-order valence-electron chi connectivity index (χ4n) is 3.91. The van der Waals surface area contributed by atoms with E-state index in [1.165, 1.54) is 37.7 Å². The molecule has 42 heavy (non-hydrogen) atoms. The largest absolute Gasteiger partial charge is 0.359 e. The lowest BCUT2D eigenvalue weighted by Gasteiger charge is -2.20. The number of benzene rings is 1. The lowest BCUT2D eigenvalue weighted by molar-refractivity contribution is 0.576. The number of anilines is 1. The first kappa shape index (κ1) is 41.0. The summed E-state index contributed by atoms with van der Waals surface area (Å²) in [5, 5.41) is 3.41. The molecule has 0 fully saturated rings. The van der Waals surface area contributed by atoms with Crippen molar-refractivity contribution >= 4 is 5.69 Å². The molecule has 0 bridgehead atoms. The molecule has 234 valence electrons. The molecule has 0 amide bonds. The highest BCUT2D eigenvalue weighted by molar-refractivity contribution is 5.57. The third-order valence-corrected chi connectivity index (χ3v) is 6.77. The van der Waals surface area contributed by atoms with Gasteiger partial charge in [-0.2, -0.15) is 0 Å². The van der Waals surface area contributed by atoms with Crippen molar-refractivity contribution in [3.63, 3.8) is 0 Å². The van der Waals surface area contributed by atoms with Crippen molar-refractivity contribution in [2.45, 2.75) is 120 Å². The minimum Gasteiger partial charge on any atom is -0.359 e. The fraction of sp³-hybridized carbons (Fsp3) is 0.450. The monoisotopic (exact) mass is 575 g/mol. The van der Waals surface area contributed by atoms with Gasteiger partial charge in [-0.15, -0.1) is 13.2 Å². The van der Waals surface area contributed by atoms with Crippen molar-refractivity contribution in [3.05, 3.63) is 125 Å². The maximum Gasteiger partial charge on any atom is 0.108 e. The van der Waals surface area contributed by atoms with Gasteiger partial charge in [0.25, 0.3) is 0 Å². The summed E-state index contributed by atoms with van der Waals surface area (Å²) in [7, 11) is 0. The molecule has 1 aliphatic rings. The molecule has 2 rings (SSSR count). The number of hydrogen-bond donors (Lipinski definition) is 1. The third-order valence-electron chi connectivity index (χ3n) is 6.77. The quantitative estimate of drug-likeness (QED) is 0.193. The molecule has 0 unspecified atom stereocenters. The first-order valence-corrected chi connectivity index (χ1v) is 15.9. The third kappa shape index (κ3) is 17.6. The number of unbranched alkanes of at least 4 members (excludes halogenated alkanes) is 3. The van der Waals surface area contributed by atoms with E-state index in [4.69, 9.17) is 0 Å². The summed E-state index contributed by atoms with van der Waals surface area (Å²) in [5.41, 5.74) is 9.09. The van der Waals surface area contributed by atoms with Gasteiger partial charge in [0.15, 0.2) is 0 Å². The predicted molar refractivity (Wildman–Crippen MR) is 192 cm³/mol. The van der Waals surface area contributed by atoms with E-state index in [1.54, 1.807) is 0 Å². The van der Waals surface area contributed by atoms with Crippen LogP contribution in [0.4, 0.5) is 10.1 Å². The van der Waals surface area contributed by atoms with Crippen molar-refractivity contribution in [1.82, 2.24) is 0 Å². The molecule has 0 atom stereocenters. The summed E-state index contributed by atoms with van der Waals surface area (Å²) >= 11 is 0. The Morgan fingerprint density at radius 1 is 0.881 bits per heavy atom. The molecule has 0 heterocycles. The van der Waals surface area contributed by atoms with Crippen LogP contribution in [-0.2, 0) is 0 Å². The number of rotatable bonds is 12. The van der Waals surface area contributed by atoms with Gasteiger partial charge in [0, 0.05) is 23.4 Å². The highest BCUT2D eigenvalue weighted by Crippen LogP contribution is 2.36. The van der Waals surface area contributed by atoms with E-state index in [1.807, 2.05) is 20.8 Å². The van der Waals surface area contributed by atoms with Gasteiger partial charge < -0.3 is 5.32 Å². The zero-order valence-electron chi connectivity index (χ0n) is 28.7. The van der Waals surface area contributed by atoms with E-state index in [2.05, 4.69) is 122 Å². The van der Waals surface area contributed by atoms with Crippen LogP contribution in [0.1, 0.15) is 119 Å². The molecule has 1 aliphatic carbocycles. The predicted octanol–water partition coefficient (Wildman–Crippen LogP) is 13.9. The van der Waals surface area contributed by atoms with Gasteiger partial charge >= 0.3 is 0 Å². The van der Waals surface area contributed by atoms with Crippen molar-refractivity contribution in [2.75, 3.05) is 5.32 Å². The van der Waals surface area contributed by atoms with Gasteiger partial charge in [0.1, 0.15) is 5.83 Å². The van der Waals surface area contributed by atoms with E-state index in [0.29, 0.717) is 12.8 Å². The first-order chi connectivity index (χ1) is 20.1. The van der Waals surface area contributed by atoms with Gasteiger partial charge in [-0.3, -0.25) is 0 Å². The Kier molecular flexibility index (Phi) is 25.0.